The highest BCUT2D eigenvalue weighted by atomic mass is 32.1. The maximum atomic E-state index is 4.71. The van der Waals surface area contributed by atoms with Gasteiger partial charge in [-0.1, -0.05) is 19.3 Å². The molecular weight excluding hydrogens is 318 g/mol. The number of hydrogen-bond donors (Lipinski definition) is 2. The Kier molecular flexibility index (Phi) is 7.99. The van der Waals surface area contributed by atoms with Gasteiger partial charge in [-0.15, -0.1) is 11.3 Å². The molecule has 1 heterocycles. The van der Waals surface area contributed by atoms with Crippen LogP contribution in [0.5, 0.6) is 0 Å². The number of rotatable bonds is 7. The highest BCUT2D eigenvalue weighted by Crippen LogP contribution is 2.21. The zero-order valence-electron chi connectivity index (χ0n) is 15.7. The minimum Gasteiger partial charge on any atom is -0.357 e. The van der Waals surface area contributed by atoms with E-state index >= 15 is 0 Å². The molecule has 6 heteroatoms. The van der Waals surface area contributed by atoms with Crippen molar-refractivity contribution in [1.29, 1.82) is 0 Å². The molecule has 0 amide bonds. The van der Waals surface area contributed by atoms with Gasteiger partial charge < -0.3 is 15.5 Å². The molecule has 0 atom stereocenters. The molecule has 1 saturated carbocycles. The van der Waals surface area contributed by atoms with E-state index in [1.54, 1.807) is 11.3 Å². The molecule has 0 aliphatic heterocycles. The fourth-order valence-electron chi connectivity index (χ4n) is 3.27. The molecule has 0 saturated heterocycles. The van der Waals surface area contributed by atoms with Gasteiger partial charge in [-0.2, -0.15) is 0 Å². The maximum absolute atomic E-state index is 4.71. The summed E-state index contributed by atoms with van der Waals surface area (Å²) in [5.41, 5.74) is 1.11. The summed E-state index contributed by atoms with van der Waals surface area (Å²) in [7, 11) is 2.26. The van der Waals surface area contributed by atoms with Crippen LogP contribution in [-0.4, -0.2) is 48.6 Å². The van der Waals surface area contributed by atoms with Crippen LogP contribution in [0, 0.1) is 13.8 Å². The van der Waals surface area contributed by atoms with E-state index in [-0.39, 0.29) is 0 Å². The molecule has 24 heavy (non-hydrogen) atoms. The predicted molar refractivity (Wildman–Crippen MR) is 104 cm³/mol. The van der Waals surface area contributed by atoms with Crippen molar-refractivity contribution >= 4 is 17.3 Å². The predicted octanol–water partition coefficient (Wildman–Crippen LogP) is 3.08. The van der Waals surface area contributed by atoms with Crippen LogP contribution in [-0.2, 0) is 6.54 Å². The number of thiazole rings is 1. The molecule has 1 aliphatic rings. The molecular formula is C18H33N5S. The van der Waals surface area contributed by atoms with Gasteiger partial charge in [-0.05, 0) is 40.7 Å². The Morgan fingerprint density at radius 2 is 2.00 bits per heavy atom. The van der Waals surface area contributed by atoms with E-state index in [4.69, 9.17) is 4.99 Å². The van der Waals surface area contributed by atoms with Crippen molar-refractivity contribution in [3.63, 3.8) is 0 Å². The number of hydrogen-bond acceptors (Lipinski definition) is 4. The van der Waals surface area contributed by atoms with Crippen LogP contribution in [0.2, 0.25) is 0 Å². The third-order valence-corrected chi connectivity index (χ3v) is 5.74. The van der Waals surface area contributed by atoms with E-state index in [1.165, 1.54) is 37.0 Å². The van der Waals surface area contributed by atoms with Gasteiger partial charge in [-0.25, -0.2) is 9.98 Å². The number of nitrogens with zero attached hydrogens (tertiary/aromatic N) is 3. The van der Waals surface area contributed by atoms with Gasteiger partial charge >= 0.3 is 0 Å². The third-order valence-electron chi connectivity index (χ3n) is 4.68. The summed E-state index contributed by atoms with van der Waals surface area (Å²) >= 11 is 1.74. The Hall–Kier alpha value is -1.14. The number of aryl methyl sites for hydroxylation is 2. The molecule has 1 fully saturated rings. The number of likely N-dealkylation sites (N-methyl/N-ethyl adjacent to an activating group) is 1. The van der Waals surface area contributed by atoms with Crippen molar-refractivity contribution in [3.8, 4) is 0 Å². The summed E-state index contributed by atoms with van der Waals surface area (Å²) in [6.45, 7) is 9.79. The van der Waals surface area contributed by atoms with Crippen LogP contribution in [0.4, 0.5) is 0 Å². The van der Waals surface area contributed by atoms with Crippen LogP contribution in [0.25, 0.3) is 0 Å². The smallest absolute Gasteiger partial charge is 0.191 e. The first-order chi connectivity index (χ1) is 11.6. The second-order valence-corrected chi connectivity index (χ2v) is 7.92. The fraction of sp³-hybridized carbons (Fsp3) is 0.778. The summed E-state index contributed by atoms with van der Waals surface area (Å²) in [5, 5.41) is 7.92. The first-order valence-corrected chi connectivity index (χ1v) is 10.1. The zero-order chi connectivity index (χ0) is 17.4. The van der Waals surface area contributed by atoms with Crippen molar-refractivity contribution in [3.05, 3.63) is 15.6 Å². The van der Waals surface area contributed by atoms with Crippen LogP contribution in [0.1, 0.15) is 54.6 Å². The Balaban J connectivity index is 1.79. The van der Waals surface area contributed by atoms with Crippen molar-refractivity contribution < 1.29 is 0 Å². The average molecular weight is 352 g/mol. The van der Waals surface area contributed by atoms with Crippen molar-refractivity contribution in [2.75, 3.05) is 26.7 Å². The second-order valence-electron chi connectivity index (χ2n) is 6.64. The van der Waals surface area contributed by atoms with E-state index < -0.39 is 0 Å². The van der Waals surface area contributed by atoms with Gasteiger partial charge in [0.05, 0.1) is 17.2 Å². The molecule has 0 aromatic carbocycles. The number of guanidine groups is 1. The SMILES string of the molecule is CCNC(=NCc1sc(C)nc1C)NCCN(C)C1CCCCC1. The number of nitrogens with one attached hydrogen (secondary N) is 2. The molecule has 2 N–H and O–H groups in total. The first-order valence-electron chi connectivity index (χ1n) is 9.25. The molecule has 2 rings (SSSR count). The van der Waals surface area contributed by atoms with Crippen molar-refractivity contribution in [1.82, 2.24) is 20.5 Å². The first kappa shape index (κ1) is 19.2. The van der Waals surface area contributed by atoms with Crippen LogP contribution in [0.15, 0.2) is 4.99 Å². The minimum atomic E-state index is 0.700. The maximum Gasteiger partial charge on any atom is 0.191 e. The molecule has 0 bridgehead atoms. The Bertz CT molecular complexity index is 519. The zero-order valence-corrected chi connectivity index (χ0v) is 16.5. The van der Waals surface area contributed by atoms with Gasteiger partial charge in [0.1, 0.15) is 0 Å². The van der Waals surface area contributed by atoms with E-state index in [0.29, 0.717) is 6.54 Å². The normalized spacial score (nSPS) is 16.6. The molecule has 0 spiro atoms. The number of aliphatic imine (C=N–C) groups is 1. The Morgan fingerprint density at radius 1 is 1.25 bits per heavy atom. The van der Waals surface area contributed by atoms with E-state index in [0.717, 1.165) is 42.3 Å². The largest absolute Gasteiger partial charge is 0.357 e. The van der Waals surface area contributed by atoms with Crippen molar-refractivity contribution in [2.45, 2.75) is 65.5 Å². The quantitative estimate of drug-likeness (QED) is 0.585. The minimum absolute atomic E-state index is 0.700. The lowest BCUT2D eigenvalue weighted by Gasteiger charge is -2.31. The summed E-state index contributed by atoms with van der Waals surface area (Å²) < 4.78 is 0. The van der Waals surface area contributed by atoms with Crippen molar-refractivity contribution in [2.24, 2.45) is 4.99 Å². The molecule has 1 aliphatic carbocycles. The summed E-state index contributed by atoms with van der Waals surface area (Å²) in [5.74, 6) is 0.903. The molecule has 0 radical (unpaired) electrons. The summed E-state index contributed by atoms with van der Waals surface area (Å²) in [6, 6.07) is 0.767. The van der Waals surface area contributed by atoms with Gasteiger partial charge in [0.25, 0.3) is 0 Å². The van der Waals surface area contributed by atoms with Gasteiger partial charge in [0.15, 0.2) is 5.96 Å². The topological polar surface area (TPSA) is 52.6 Å². The van der Waals surface area contributed by atoms with Crippen LogP contribution >= 0.6 is 11.3 Å². The fourth-order valence-corrected chi connectivity index (χ4v) is 4.13. The monoisotopic (exact) mass is 351 g/mol. The second kappa shape index (κ2) is 9.99. The summed E-state index contributed by atoms with van der Waals surface area (Å²) in [6.07, 6.45) is 6.90. The highest BCUT2D eigenvalue weighted by Gasteiger charge is 2.17. The van der Waals surface area contributed by atoms with Gasteiger partial charge in [-0.3, -0.25) is 0 Å². The number of aromatic nitrogens is 1. The third kappa shape index (κ3) is 6.06. The van der Waals surface area contributed by atoms with Crippen LogP contribution < -0.4 is 10.6 Å². The van der Waals surface area contributed by atoms with E-state index in [9.17, 15) is 0 Å². The lowest BCUT2D eigenvalue weighted by molar-refractivity contribution is 0.194. The highest BCUT2D eigenvalue weighted by molar-refractivity contribution is 7.11. The van der Waals surface area contributed by atoms with Gasteiger partial charge in [0.2, 0.25) is 0 Å². The standard InChI is InChI=1S/C18H33N5S/c1-5-19-18(21-13-17-14(2)22-15(3)24-17)20-11-12-23(4)16-9-7-6-8-10-16/h16H,5-13H2,1-4H3,(H2,19,20,21). The lowest BCUT2D eigenvalue weighted by Crippen LogP contribution is -2.43. The Morgan fingerprint density at radius 3 is 2.62 bits per heavy atom. The van der Waals surface area contributed by atoms with E-state index in [2.05, 4.69) is 48.3 Å². The van der Waals surface area contributed by atoms with Crippen LogP contribution in [0.3, 0.4) is 0 Å². The summed E-state index contributed by atoms with van der Waals surface area (Å²) in [4.78, 5) is 12.9. The molecule has 136 valence electrons. The molecule has 1 aromatic heterocycles. The molecule has 5 nitrogen and oxygen atoms in total. The molecule has 0 unspecified atom stereocenters. The average Bonchev–Trinajstić information content (AvgIpc) is 2.91. The lowest BCUT2D eigenvalue weighted by atomic mass is 9.94. The van der Waals surface area contributed by atoms with E-state index in [1.807, 2.05) is 0 Å². The van der Waals surface area contributed by atoms with Gasteiger partial charge in [0, 0.05) is 30.6 Å². The Labute approximate surface area is 151 Å². The molecule has 1 aromatic rings.